The molecule has 1 aliphatic rings. The van der Waals surface area contributed by atoms with E-state index >= 15 is 0 Å². The van der Waals surface area contributed by atoms with Crippen molar-refractivity contribution < 1.29 is 14.3 Å². The van der Waals surface area contributed by atoms with Gasteiger partial charge in [0.1, 0.15) is 0 Å². The number of nitrogens with two attached hydrogens (primary N) is 1. The van der Waals surface area contributed by atoms with Crippen molar-refractivity contribution in [3.8, 4) is 0 Å². The molecule has 0 aromatic heterocycles. The monoisotopic (exact) mass is 260 g/mol. The van der Waals surface area contributed by atoms with Gasteiger partial charge in [0.2, 0.25) is 5.91 Å². The van der Waals surface area contributed by atoms with E-state index in [4.69, 9.17) is 10.5 Å². The number of esters is 1. The molecule has 5 nitrogen and oxygen atoms in total. The van der Waals surface area contributed by atoms with Crippen LogP contribution in [0.5, 0.6) is 0 Å². The summed E-state index contributed by atoms with van der Waals surface area (Å²) in [6.07, 6.45) is 2.13. The summed E-state index contributed by atoms with van der Waals surface area (Å²) in [5.41, 5.74) is 7.05. The quantitative estimate of drug-likeness (QED) is 0.509. The van der Waals surface area contributed by atoms with E-state index in [1.165, 1.54) is 12.0 Å². The van der Waals surface area contributed by atoms with Gasteiger partial charge in [0.15, 0.2) is 0 Å². The summed E-state index contributed by atoms with van der Waals surface area (Å²) in [6.45, 7) is 4.19. The molecule has 2 rings (SSSR count). The Morgan fingerprint density at radius 1 is 1.58 bits per heavy atom. The lowest BCUT2D eigenvalue weighted by atomic mass is 10.1. The van der Waals surface area contributed by atoms with Gasteiger partial charge in [0, 0.05) is 18.9 Å². The summed E-state index contributed by atoms with van der Waals surface area (Å²) in [7, 11) is 1.30. The molecule has 1 aliphatic heterocycles. The van der Waals surface area contributed by atoms with E-state index in [0.29, 0.717) is 29.9 Å². The standard InChI is InChI=1S/C14H16N2O3/c1-3-9-7-12(17)16(8-9)13-10(14(18)19-2)5-4-6-11(13)15/h3-6,9H,1,7-8,15H2,2H3. The highest BCUT2D eigenvalue weighted by atomic mass is 16.5. The van der Waals surface area contributed by atoms with Gasteiger partial charge in [-0.3, -0.25) is 4.79 Å². The molecule has 1 saturated heterocycles. The van der Waals surface area contributed by atoms with Gasteiger partial charge < -0.3 is 15.4 Å². The fourth-order valence-electron chi connectivity index (χ4n) is 2.25. The summed E-state index contributed by atoms with van der Waals surface area (Å²) in [6, 6.07) is 4.93. The number of hydrogen-bond acceptors (Lipinski definition) is 4. The summed E-state index contributed by atoms with van der Waals surface area (Å²) in [4.78, 5) is 25.3. The van der Waals surface area contributed by atoms with Crippen molar-refractivity contribution in [2.45, 2.75) is 6.42 Å². The number of methoxy groups -OCH3 is 1. The number of rotatable bonds is 3. The maximum atomic E-state index is 12.0. The van der Waals surface area contributed by atoms with Crippen molar-refractivity contribution >= 4 is 23.3 Å². The van der Waals surface area contributed by atoms with Crippen molar-refractivity contribution in [3.05, 3.63) is 36.4 Å². The summed E-state index contributed by atoms with van der Waals surface area (Å²) in [5.74, 6) is -0.484. The predicted molar refractivity (Wildman–Crippen MR) is 72.9 cm³/mol. The van der Waals surface area contributed by atoms with Gasteiger partial charge in [-0.15, -0.1) is 6.58 Å². The number of amides is 1. The van der Waals surface area contributed by atoms with E-state index in [9.17, 15) is 9.59 Å². The smallest absolute Gasteiger partial charge is 0.340 e. The number of anilines is 2. The number of carbonyl (C=O) groups is 2. The maximum Gasteiger partial charge on any atom is 0.340 e. The number of hydrogen-bond donors (Lipinski definition) is 1. The molecule has 2 N–H and O–H groups in total. The second-order valence-corrected chi connectivity index (χ2v) is 4.44. The number of nitrogens with zero attached hydrogens (tertiary/aromatic N) is 1. The molecule has 1 atom stereocenters. The van der Waals surface area contributed by atoms with Crippen LogP contribution in [0.25, 0.3) is 0 Å². The van der Waals surface area contributed by atoms with Crippen molar-refractivity contribution in [1.29, 1.82) is 0 Å². The SMILES string of the molecule is C=CC1CC(=O)N(c2c(N)cccc2C(=O)OC)C1. The first kappa shape index (κ1) is 13.1. The Hall–Kier alpha value is -2.30. The Bertz CT molecular complexity index is 539. The van der Waals surface area contributed by atoms with Crippen LogP contribution in [0.3, 0.4) is 0 Å². The summed E-state index contributed by atoms with van der Waals surface area (Å²) < 4.78 is 4.73. The second kappa shape index (κ2) is 5.14. The van der Waals surface area contributed by atoms with E-state index < -0.39 is 5.97 Å². The minimum atomic E-state index is -0.503. The normalized spacial score (nSPS) is 18.5. The first-order valence-corrected chi connectivity index (χ1v) is 5.98. The molecule has 0 saturated carbocycles. The third kappa shape index (κ3) is 2.31. The highest BCUT2D eigenvalue weighted by Crippen LogP contribution is 2.33. The number of carbonyl (C=O) groups excluding carboxylic acids is 2. The highest BCUT2D eigenvalue weighted by Gasteiger charge is 2.32. The van der Waals surface area contributed by atoms with E-state index in [1.54, 1.807) is 24.3 Å². The molecular formula is C14H16N2O3. The fraction of sp³-hybridized carbons (Fsp3) is 0.286. The third-order valence-electron chi connectivity index (χ3n) is 3.23. The average Bonchev–Trinajstić information content (AvgIpc) is 2.78. The van der Waals surface area contributed by atoms with Crippen LogP contribution >= 0.6 is 0 Å². The molecule has 0 spiro atoms. The van der Waals surface area contributed by atoms with E-state index in [0.717, 1.165) is 0 Å². The lowest BCUT2D eigenvalue weighted by molar-refractivity contribution is -0.117. The van der Waals surface area contributed by atoms with Gasteiger partial charge in [-0.1, -0.05) is 12.1 Å². The molecule has 1 fully saturated rings. The van der Waals surface area contributed by atoms with Crippen LogP contribution in [-0.4, -0.2) is 25.5 Å². The van der Waals surface area contributed by atoms with Crippen LogP contribution < -0.4 is 10.6 Å². The molecule has 0 radical (unpaired) electrons. The molecule has 0 bridgehead atoms. The maximum absolute atomic E-state index is 12.0. The van der Waals surface area contributed by atoms with E-state index in [-0.39, 0.29) is 11.8 Å². The minimum Gasteiger partial charge on any atom is -0.465 e. The van der Waals surface area contributed by atoms with Crippen LogP contribution in [0.15, 0.2) is 30.9 Å². The Morgan fingerprint density at radius 2 is 2.32 bits per heavy atom. The molecule has 0 aliphatic carbocycles. The van der Waals surface area contributed by atoms with Crippen LogP contribution in [0, 0.1) is 5.92 Å². The summed E-state index contributed by atoms with van der Waals surface area (Å²) >= 11 is 0. The molecule has 100 valence electrons. The Balaban J connectivity index is 2.47. The highest BCUT2D eigenvalue weighted by molar-refractivity contribution is 6.07. The second-order valence-electron chi connectivity index (χ2n) is 4.44. The fourth-order valence-corrected chi connectivity index (χ4v) is 2.25. The lowest BCUT2D eigenvalue weighted by Crippen LogP contribution is -2.27. The molecule has 1 unspecified atom stereocenters. The molecule has 1 aromatic carbocycles. The Morgan fingerprint density at radius 3 is 2.89 bits per heavy atom. The van der Waals surface area contributed by atoms with Crippen molar-refractivity contribution in [2.24, 2.45) is 5.92 Å². The first-order valence-electron chi connectivity index (χ1n) is 5.98. The lowest BCUT2D eigenvalue weighted by Gasteiger charge is -2.21. The number of para-hydroxylation sites is 1. The largest absolute Gasteiger partial charge is 0.465 e. The third-order valence-corrected chi connectivity index (χ3v) is 3.23. The number of benzene rings is 1. The Kier molecular flexibility index (Phi) is 3.55. The topological polar surface area (TPSA) is 72.6 Å². The van der Waals surface area contributed by atoms with E-state index in [2.05, 4.69) is 6.58 Å². The first-order chi connectivity index (χ1) is 9.08. The average molecular weight is 260 g/mol. The Labute approximate surface area is 111 Å². The molecule has 1 aromatic rings. The van der Waals surface area contributed by atoms with Crippen LogP contribution in [0.1, 0.15) is 16.8 Å². The van der Waals surface area contributed by atoms with Crippen LogP contribution in [-0.2, 0) is 9.53 Å². The predicted octanol–water partition coefficient (Wildman–Crippen LogP) is 1.59. The van der Waals surface area contributed by atoms with Crippen LogP contribution in [0.4, 0.5) is 11.4 Å². The van der Waals surface area contributed by atoms with Crippen LogP contribution in [0.2, 0.25) is 0 Å². The number of ether oxygens (including phenoxy) is 1. The zero-order chi connectivity index (χ0) is 14.0. The molecule has 1 heterocycles. The summed E-state index contributed by atoms with van der Waals surface area (Å²) in [5, 5.41) is 0. The van der Waals surface area contributed by atoms with Crippen molar-refractivity contribution in [3.63, 3.8) is 0 Å². The zero-order valence-corrected chi connectivity index (χ0v) is 10.8. The molecule has 5 heteroatoms. The van der Waals surface area contributed by atoms with Gasteiger partial charge in [0.05, 0.1) is 24.0 Å². The van der Waals surface area contributed by atoms with Gasteiger partial charge in [0.25, 0.3) is 0 Å². The van der Waals surface area contributed by atoms with Crippen molar-refractivity contribution in [1.82, 2.24) is 0 Å². The van der Waals surface area contributed by atoms with Gasteiger partial charge in [-0.2, -0.15) is 0 Å². The molecule has 19 heavy (non-hydrogen) atoms. The van der Waals surface area contributed by atoms with Gasteiger partial charge in [-0.25, -0.2) is 4.79 Å². The minimum absolute atomic E-state index is 0.0621. The zero-order valence-electron chi connectivity index (χ0n) is 10.8. The van der Waals surface area contributed by atoms with Gasteiger partial charge in [-0.05, 0) is 12.1 Å². The molecular weight excluding hydrogens is 244 g/mol. The number of nitrogen functional groups attached to an aromatic ring is 1. The van der Waals surface area contributed by atoms with E-state index in [1.807, 2.05) is 0 Å². The van der Waals surface area contributed by atoms with Crippen molar-refractivity contribution in [2.75, 3.05) is 24.3 Å². The molecule has 1 amide bonds. The van der Waals surface area contributed by atoms with Gasteiger partial charge >= 0.3 is 5.97 Å².